The van der Waals surface area contributed by atoms with E-state index in [1.165, 1.54) is 0 Å². The summed E-state index contributed by atoms with van der Waals surface area (Å²) in [5.41, 5.74) is 1.78. The van der Waals surface area contributed by atoms with Crippen molar-refractivity contribution in [2.24, 2.45) is 0 Å². The molecule has 0 unspecified atom stereocenters. The average molecular weight is 265 g/mol. The van der Waals surface area contributed by atoms with E-state index in [4.69, 9.17) is 10.00 Å². The number of amides is 1. The summed E-state index contributed by atoms with van der Waals surface area (Å²) >= 11 is 0. The number of para-hydroxylation sites is 2. The van der Waals surface area contributed by atoms with E-state index < -0.39 is 0 Å². The molecule has 1 aliphatic heterocycles. The molecule has 20 heavy (non-hydrogen) atoms. The summed E-state index contributed by atoms with van der Waals surface area (Å²) in [4.78, 5) is 17.7. The summed E-state index contributed by atoms with van der Waals surface area (Å²) < 4.78 is 5.39. The van der Waals surface area contributed by atoms with Crippen LogP contribution in [0.3, 0.4) is 0 Å². The minimum atomic E-state index is -0.128. The van der Waals surface area contributed by atoms with Crippen molar-refractivity contribution in [2.75, 3.05) is 11.5 Å². The van der Waals surface area contributed by atoms with Gasteiger partial charge in [-0.15, -0.1) is 0 Å². The van der Waals surface area contributed by atoms with Crippen LogP contribution in [0.4, 0.5) is 5.69 Å². The van der Waals surface area contributed by atoms with E-state index in [9.17, 15) is 4.79 Å². The Kier molecular flexibility index (Phi) is 3.05. The van der Waals surface area contributed by atoms with E-state index in [1.54, 1.807) is 23.2 Å². The zero-order valence-electron chi connectivity index (χ0n) is 10.6. The molecule has 1 aliphatic rings. The third-order valence-electron chi connectivity index (χ3n) is 3.13. The molecule has 98 valence electrons. The first kappa shape index (κ1) is 12.2. The molecule has 0 aliphatic carbocycles. The highest BCUT2D eigenvalue weighted by atomic mass is 16.5. The van der Waals surface area contributed by atoms with Gasteiger partial charge in [0, 0.05) is 11.8 Å². The van der Waals surface area contributed by atoms with Gasteiger partial charge >= 0.3 is 0 Å². The number of ether oxygens (including phenoxy) is 1. The molecule has 0 saturated carbocycles. The number of carbonyl (C=O) groups excluding carboxylic acids is 1. The largest absolute Gasteiger partial charge is 0.482 e. The summed E-state index contributed by atoms with van der Waals surface area (Å²) in [5, 5.41) is 9.07. The minimum Gasteiger partial charge on any atom is -0.482 e. The summed E-state index contributed by atoms with van der Waals surface area (Å²) in [6.07, 6.45) is 1.57. The average Bonchev–Trinajstić information content (AvgIpc) is 2.50. The van der Waals surface area contributed by atoms with Crippen molar-refractivity contribution in [1.29, 1.82) is 5.26 Å². The Morgan fingerprint density at radius 3 is 3.00 bits per heavy atom. The molecule has 3 rings (SSSR count). The number of fused-ring (bicyclic) bond motifs is 1. The molecule has 5 heteroatoms. The number of nitrogens with zero attached hydrogens (tertiary/aromatic N) is 3. The second kappa shape index (κ2) is 5.02. The predicted octanol–water partition coefficient (Wildman–Crippen LogP) is 1.88. The molecular formula is C15H11N3O2. The van der Waals surface area contributed by atoms with Gasteiger partial charge in [-0.25, -0.2) is 4.98 Å². The van der Waals surface area contributed by atoms with Gasteiger partial charge in [-0.1, -0.05) is 18.2 Å². The SMILES string of the molecule is N#Cc1ncccc1CN1C(=O)COc2ccccc21. The van der Waals surface area contributed by atoms with Gasteiger partial charge in [-0.3, -0.25) is 4.79 Å². The molecule has 5 nitrogen and oxygen atoms in total. The first-order valence-electron chi connectivity index (χ1n) is 6.16. The predicted molar refractivity (Wildman–Crippen MR) is 72.1 cm³/mol. The molecule has 0 spiro atoms. The maximum absolute atomic E-state index is 12.1. The molecule has 2 aromatic rings. The summed E-state index contributed by atoms with van der Waals surface area (Å²) in [6, 6.07) is 13.0. The van der Waals surface area contributed by atoms with Gasteiger partial charge in [-0.2, -0.15) is 5.26 Å². The molecule has 0 atom stereocenters. The Labute approximate surface area is 116 Å². The first-order valence-corrected chi connectivity index (χ1v) is 6.16. The molecule has 0 fully saturated rings. The van der Waals surface area contributed by atoms with Gasteiger partial charge in [0.05, 0.1) is 12.2 Å². The van der Waals surface area contributed by atoms with E-state index in [1.807, 2.05) is 30.3 Å². The molecule has 2 heterocycles. The van der Waals surface area contributed by atoms with E-state index in [0.717, 1.165) is 11.3 Å². The van der Waals surface area contributed by atoms with Crippen molar-refractivity contribution in [1.82, 2.24) is 4.98 Å². The second-order valence-corrected chi connectivity index (χ2v) is 4.36. The fourth-order valence-electron chi connectivity index (χ4n) is 2.16. The number of benzene rings is 1. The summed E-state index contributed by atoms with van der Waals surface area (Å²) in [6.45, 7) is 0.328. The zero-order chi connectivity index (χ0) is 13.9. The van der Waals surface area contributed by atoms with E-state index >= 15 is 0 Å². The first-order chi connectivity index (χ1) is 9.79. The smallest absolute Gasteiger partial charge is 0.265 e. The molecule has 0 saturated heterocycles. The molecule has 0 radical (unpaired) electrons. The van der Waals surface area contributed by atoms with Crippen LogP contribution in [-0.2, 0) is 11.3 Å². The zero-order valence-corrected chi connectivity index (χ0v) is 10.6. The van der Waals surface area contributed by atoms with Crippen molar-refractivity contribution in [3.05, 3.63) is 53.9 Å². The Balaban J connectivity index is 1.98. The van der Waals surface area contributed by atoms with E-state index in [0.29, 0.717) is 18.0 Å². The molecule has 1 aromatic heterocycles. The van der Waals surface area contributed by atoms with Crippen molar-refractivity contribution >= 4 is 11.6 Å². The number of rotatable bonds is 2. The van der Waals surface area contributed by atoms with E-state index in [2.05, 4.69) is 4.98 Å². The number of aromatic nitrogens is 1. The van der Waals surface area contributed by atoms with Gasteiger partial charge in [0.15, 0.2) is 6.61 Å². The third-order valence-corrected chi connectivity index (χ3v) is 3.13. The van der Waals surface area contributed by atoms with Crippen LogP contribution in [0.2, 0.25) is 0 Å². The van der Waals surface area contributed by atoms with Crippen molar-refractivity contribution in [3.63, 3.8) is 0 Å². The Morgan fingerprint density at radius 2 is 2.15 bits per heavy atom. The molecule has 0 N–H and O–H groups in total. The van der Waals surface area contributed by atoms with Gasteiger partial charge in [0.25, 0.3) is 5.91 Å². The van der Waals surface area contributed by atoms with Crippen molar-refractivity contribution < 1.29 is 9.53 Å². The van der Waals surface area contributed by atoms with Gasteiger partial charge in [0.2, 0.25) is 0 Å². The van der Waals surface area contributed by atoms with Crippen LogP contribution in [0, 0.1) is 11.3 Å². The van der Waals surface area contributed by atoms with Gasteiger partial charge in [0.1, 0.15) is 17.5 Å². The Morgan fingerprint density at radius 1 is 1.30 bits per heavy atom. The molecule has 0 bridgehead atoms. The Bertz CT molecular complexity index is 706. The third kappa shape index (κ3) is 2.08. The number of carbonyl (C=O) groups is 1. The van der Waals surface area contributed by atoms with Crippen LogP contribution in [0.1, 0.15) is 11.3 Å². The van der Waals surface area contributed by atoms with Crippen LogP contribution in [-0.4, -0.2) is 17.5 Å². The lowest BCUT2D eigenvalue weighted by Crippen LogP contribution is -2.38. The minimum absolute atomic E-state index is 0.0131. The molecule has 1 amide bonds. The van der Waals surface area contributed by atoms with Crippen LogP contribution in [0.15, 0.2) is 42.6 Å². The highest BCUT2D eigenvalue weighted by Crippen LogP contribution is 2.32. The monoisotopic (exact) mass is 265 g/mol. The van der Waals surface area contributed by atoms with Crippen LogP contribution < -0.4 is 9.64 Å². The number of hydrogen-bond donors (Lipinski definition) is 0. The fraction of sp³-hybridized carbons (Fsp3) is 0.133. The fourth-order valence-corrected chi connectivity index (χ4v) is 2.16. The van der Waals surface area contributed by atoms with Gasteiger partial charge < -0.3 is 9.64 Å². The summed E-state index contributed by atoms with van der Waals surface area (Å²) in [5.74, 6) is 0.547. The Hall–Kier alpha value is -2.87. The maximum Gasteiger partial charge on any atom is 0.265 e. The number of anilines is 1. The molecule has 1 aromatic carbocycles. The quantitative estimate of drug-likeness (QED) is 0.831. The lowest BCUT2D eigenvalue weighted by molar-refractivity contribution is -0.121. The lowest BCUT2D eigenvalue weighted by atomic mass is 10.1. The van der Waals surface area contributed by atoms with E-state index in [-0.39, 0.29) is 12.5 Å². The maximum atomic E-state index is 12.1. The highest BCUT2D eigenvalue weighted by molar-refractivity contribution is 5.97. The standard InChI is InChI=1S/C15H11N3O2/c16-8-12-11(4-3-7-17-12)9-18-13-5-1-2-6-14(13)20-10-15(18)19/h1-7H,9-10H2. The van der Waals surface area contributed by atoms with Crippen molar-refractivity contribution in [2.45, 2.75) is 6.54 Å². The number of pyridine rings is 1. The van der Waals surface area contributed by atoms with Crippen LogP contribution in [0.5, 0.6) is 5.75 Å². The van der Waals surface area contributed by atoms with Crippen molar-refractivity contribution in [3.8, 4) is 11.8 Å². The lowest BCUT2D eigenvalue weighted by Gasteiger charge is -2.29. The summed E-state index contributed by atoms with van der Waals surface area (Å²) in [7, 11) is 0. The topological polar surface area (TPSA) is 66.2 Å². The highest BCUT2D eigenvalue weighted by Gasteiger charge is 2.25. The van der Waals surface area contributed by atoms with Crippen LogP contribution >= 0.6 is 0 Å². The number of hydrogen-bond acceptors (Lipinski definition) is 4. The molecular weight excluding hydrogens is 254 g/mol. The second-order valence-electron chi connectivity index (χ2n) is 4.36. The normalized spacial score (nSPS) is 13.3. The van der Waals surface area contributed by atoms with Gasteiger partial charge in [-0.05, 0) is 18.2 Å². The van der Waals surface area contributed by atoms with Crippen LogP contribution in [0.25, 0.3) is 0 Å². The number of nitriles is 1.